The highest BCUT2D eigenvalue weighted by atomic mass is 19.4. The van der Waals surface area contributed by atoms with Crippen molar-refractivity contribution in [3.8, 4) is 5.88 Å². The van der Waals surface area contributed by atoms with Crippen LogP contribution in [0.1, 0.15) is 10.4 Å². The molecule has 2 N–H and O–H groups in total. The number of halogens is 3. The number of aromatic nitrogens is 3. The molecular formula is C13H11F3N4O4. The van der Waals surface area contributed by atoms with Crippen LogP contribution in [0.3, 0.4) is 0 Å². The Balaban J connectivity index is 2.16. The number of pyridine rings is 1. The van der Waals surface area contributed by atoms with Crippen molar-refractivity contribution in [2.24, 2.45) is 7.05 Å². The first-order chi connectivity index (χ1) is 11.2. The quantitative estimate of drug-likeness (QED) is 0.848. The lowest BCUT2D eigenvalue weighted by Gasteiger charge is -2.10. The van der Waals surface area contributed by atoms with E-state index in [1.54, 1.807) is 0 Å². The molecule has 0 unspecified atom stereocenters. The second kappa shape index (κ2) is 6.56. The summed E-state index contributed by atoms with van der Waals surface area (Å²) in [7, 11) is 1.34. The monoisotopic (exact) mass is 344 g/mol. The molecule has 0 aliphatic carbocycles. The van der Waals surface area contributed by atoms with Gasteiger partial charge in [-0.1, -0.05) is 0 Å². The first kappa shape index (κ1) is 17.2. The van der Waals surface area contributed by atoms with Gasteiger partial charge in [0.05, 0.1) is 0 Å². The summed E-state index contributed by atoms with van der Waals surface area (Å²) in [5.41, 5.74) is -1.85. The maximum absolute atomic E-state index is 12.1. The first-order valence-corrected chi connectivity index (χ1v) is 6.42. The smallest absolute Gasteiger partial charge is 0.422 e. The van der Waals surface area contributed by atoms with E-state index in [1.807, 2.05) is 4.98 Å². The number of aromatic amines is 1. The maximum atomic E-state index is 12.1. The SMILES string of the molecule is Cn1cc(C(=O)Nc2ccnc(OCC(F)(F)F)c2)c(=O)[nH]c1=O. The molecule has 2 rings (SSSR count). The fourth-order valence-corrected chi connectivity index (χ4v) is 1.65. The van der Waals surface area contributed by atoms with Gasteiger partial charge in [0.25, 0.3) is 11.5 Å². The van der Waals surface area contributed by atoms with E-state index in [2.05, 4.69) is 15.0 Å². The van der Waals surface area contributed by atoms with Crippen LogP contribution in [0.5, 0.6) is 5.88 Å². The number of carbonyl (C=O) groups excluding carboxylic acids is 1. The number of anilines is 1. The summed E-state index contributed by atoms with van der Waals surface area (Å²) in [5, 5.41) is 2.31. The summed E-state index contributed by atoms with van der Waals surface area (Å²) in [6, 6.07) is 2.37. The Morgan fingerprint density at radius 2 is 2.12 bits per heavy atom. The Labute approximate surface area is 131 Å². The summed E-state index contributed by atoms with van der Waals surface area (Å²) in [4.78, 5) is 40.4. The van der Waals surface area contributed by atoms with Gasteiger partial charge in [-0.05, 0) is 6.07 Å². The Morgan fingerprint density at radius 1 is 1.42 bits per heavy atom. The zero-order chi connectivity index (χ0) is 17.9. The molecule has 11 heteroatoms. The summed E-state index contributed by atoms with van der Waals surface area (Å²) >= 11 is 0. The van der Waals surface area contributed by atoms with Crippen LogP contribution in [0, 0.1) is 0 Å². The number of aryl methyl sites for hydroxylation is 1. The van der Waals surface area contributed by atoms with Crippen molar-refractivity contribution in [3.63, 3.8) is 0 Å². The van der Waals surface area contributed by atoms with Crippen LogP contribution < -0.4 is 21.3 Å². The van der Waals surface area contributed by atoms with Crippen molar-refractivity contribution < 1.29 is 22.7 Å². The molecule has 0 aromatic carbocycles. The molecule has 0 atom stereocenters. The lowest BCUT2D eigenvalue weighted by Crippen LogP contribution is -2.33. The minimum atomic E-state index is -4.52. The van der Waals surface area contributed by atoms with E-state index in [0.717, 1.165) is 23.0 Å². The Morgan fingerprint density at radius 3 is 2.79 bits per heavy atom. The standard InChI is InChI=1S/C13H11F3N4O4/c1-20-5-8(11(22)19-12(20)23)10(21)18-7-2-3-17-9(4-7)24-6-13(14,15)16/h2-5H,6H2,1H3,(H,17,18,21)(H,19,22,23). The van der Waals surface area contributed by atoms with Crippen LogP contribution in [0.4, 0.5) is 18.9 Å². The Hall–Kier alpha value is -3.11. The molecule has 2 heterocycles. The predicted molar refractivity (Wildman–Crippen MR) is 76.0 cm³/mol. The molecule has 0 saturated carbocycles. The van der Waals surface area contributed by atoms with Crippen molar-refractivity contribution in [1.29, 1.82) is 0 Å². The molecule has 2 aromatic rings. The molecule has 2 aromatic heterocycles. The maximum Gasteiger partial charge on any atom is 0.422 e. The minimum absolute atomic E-state index is 0.0698. The summed E-state index contributed by atoms with van der Waals surface area (Å²) in [6.07, 6.45) is -2.35. The van der Waals surface area contributed by atoms with Gasteiger partial charge in [-0.2, -0.15) is 13.2 Å². The van der Waals surface area contributed by atoms with E-state index in [4.69, 9.17) is 0 Å². The lowest BCUT2D eigenvalue weighted by atomic mass is 10.3. The highest BCUT2D eigenvalue weighted by Gasteiger charge is 2.28. The van der Waals surface area contributed by atoms with Gasteiger partial charge in [0.15, 0.2) is 6.61 Å². The minimum Gasteiger partial charge on any atom is -0.468 e. The number of amides is 1. The zero-order valence-electron chi connectivity index (χ0n) is 12.2. The fourth-order valence-electron chi connectivity index (χ4n) is 1.65. The summed E-state index contributed by atoms with van der Waals surface area (Å²) < 4.78 is 41.8. The van der Waals surface area contributed by atoms with Crippen LogP contribution in [-0.4, -0.2) is 33.2 Å². The van der Waals surface area contributed by atoms with Crippen LogP contribution >= 0.6 is 0 Å². The summed E-state index contributed by atoms with van der Waals surface area (Å²) in [5.74, 6) is -1.20. The molecule has 8 nitrogen and oxygen atoms in total. The number of alkyl halides is 3. The molecule has 128 valence electrons. The van der Waals surface area contributed by atoms with Crippen molar-refractivity contribution in [3.05, 3.63) is 50.9 Å². The normalized spacial score (nSPS) is 11.2. The van der Waals surface area contributed by atoms with Crippen LogP contribution in [-0.2, 0) is 7.05 Å². The van der Waals surface area contributed by atoms with Crippen molar-refractivity contribution in [2.75, 3.05) is 11.9 Å². The fraction of sp³-hybridized carbons (Fsp3) is 0.231. The van der Waals surface area contributed by atoms with E-state index in [0.29, 0.717) is 0 Å². The van der Waals surface area contributed by atoms with E-state index < -0.39 is 29.9 Å². The van der Waals surface area contributed by atoms with Crippen LogP contribution in [0.25, 0.3) is 0 Å². The number of rotatable bonds is 4. The highest BCUT2D eigenvalue weighted by molar-refractivity contribution is 6.03. The number of nitrogens with one attached hydrogen (secondary N) is 2. The number of nitrogens with zero attached hydrogens (tertiary/aromatic N) is 2. The summed E-state index contributed by atoms with van der Waals surface area (Å²) in [6.45, 7) is -1.53. The van der Waals surface area contributed by atoms with Gasteiger partial charge >= 0.3 is 11.9 Å². The third-order valence-corrected chi connectivity index (χ3v) is 2.73. The third kappa shape index (κ3) is 4.44. The molecule has 24 heavy (non-hydrogen) atoms. The van der Waals surface area contributed by atoms with Gasteiger partial charge in [-0.25, -0.2) is 9.78 Å². The van der Waals surface area contributed by atoms with Gasteiger partial charge in [-0.15, -0.1) is 0 Å². The van der Waals surface area contributed by atoms with Gasteiger partial charge in [0.2, 0.25) is 5.88 Å². The molecule has 0 aliphatic rings. The second-order valence-electron chi connectivity index (χ2n) is 4.65. The zero-order valence-corrected chi connectivity index (χ0v) is 12.2. The van der Waals surface area contributed by atoms with Gasteiger partial charge in [0, 0.05) is 31.2 Å². The second-order valence-corrected chi connectivity index (χ2v) is 4.65. The van der Waals surface area contributed by atoms with Gasteiger partial charge < -0.3 is 14.6 Å². The van der Waals surface area contributed by atoms with Gasteiger partial charge in [0.1, 0.15) is 5.56 Å². The number of hydrogen-bond donors (Lipinski definition) is 2. The van der Waals surface area contributed by atoms with Crippen molar-refractivity contribution >= 4 is 11.6 Å². The van der Waals surface area contributed by atoms with Crippen LogP contribution in [0.2, 0.25) is 0 Å². The molecule has 0 radical (unpaired) electrons. The average molecular weight is 344 g/mol. The van der Waals surface area contributed by atoms with E-state index in [1.165, 1.54) is 13.1 Å². The molecular weight excluding hydrogens is 333 g/mol. The first-order valence-electron chi connectivity index (χ1n) is 6.42. The highest BCUT2D eigenvalue weighted by Crippen LogP contribution is 2.19. The van der Waals surface area contributed by atoms with Crippen molar-refractivity contribution in [1.82, 2.24) is 14.5 Å². The molecule has 0 saturated heterocycles. The molecule has 0 fully saturated rings. The van der Waals surface area contributed by atoms with E-state index in [-0.39, 0.29) is 17.1 Å². The number of hydrogen-bond acceptors (Lipinski definition) is 5. The topological polar surface area (TPSA) is 106 Å². The third-order valence-electron chi connectivity index (χ3n) is 2.73. The average Bonchev–Trinajstić information content (AvgIpc) is 2.48. The van der Waals surface area contributed by atoms with E-state index >= 15 is 0 Å². The molecule has 0 aliphatic heterocycles. The largest absolute Gasteiger partial charge is 0.468 e. The number of ether oxygens (including phenoxy) is 1. The predicted octanol–water partition coefficient (Wildman–Crippen LogP) is 0.662. The van der Waals surface area contributed by atoms with E-state index in [9.17, 15) is 27.6 Å². The lowest BCUT2D eigenvalue weighted by molar-refractivity contribution is -0.154. The molecule has 1 amide bonds. The number of carbonyl (C=O) groups is 1. The Bertz CT molecular complexity index is 872. The van der Waals surface area contributed by atoms with Crippen LogP contribution in [0.15, 0.2) is 34.1 Å². The van der Waals surface area contributed by atoms with Gasteiger partial charge in [-0.3, -0.25) is 14.6 Å². The molecule has 0 bridgehead atoms. The molecule has 0 spiro atoms. The number of H-pyrrole nitrogens is 1. The van der Waals surface area contributed by atoms with Crippen molar-refractivity contribution in [2.45, 2.75) is 6.18 Å². The Kier molecular flexibility index (Phi) is 4.71.